The number of amides is 4. The van der Waals surface area contributed by atoms with E-state index in [2.05, 4.69) is 10.6 Å². The third-order valence-corrected chi connectivity index (χ3v) is 7.42. The first-order chi connectivity index (χ1) is 17.7. The summed E-state index contributed by atoms with van der Waals surface area (Å²) in [6.07, 6.45) is -5.15. The van der Waals surface area contributed by atoms with Crippen LogP contribution in [-0.2, 0) is 19.2 Å². The predicted molar refractivity (Wildman–Crippen MR) is 122 cm³/mol. The predicted octanol–water partition coefficient (Wildman–Crippen LogP) is 2.02. The van der Waals surface area contributed by atoms with Crippen LogP contribution in [0.5, 0.6) is 0 Å². The molecule has 3 heterocycles. The second-order valence-corrected chi connectivity index (χ2v) is 10.7. The molecule has 0 unspecified atom stereocenters. The summed E-state index contributed by atoms with van der Waals surface area (Å²) in [5, 5.41) is 16.3. The Bertz CT molecular complexity index is 982. The molecule has 0 spiro atoms. The highest BCUT2D eigenvalue weighted by molar-refractivity contribution is 5.94. The molecule has 1 saturated carbocycles. The van der Waals surface area contributed by atoms with Crippen LogP contribution < -0.4 is 16.0 Å². The Morgan fingerprint density at radius 2 is 1.87 bits per heavy atom. The first-order valence-electron chi connectivity index (χ1n) is 12.7. The maximum Gasteiger partial charge on any atom is 0.471 e. The van der Waals surface area contributed by atoms with E-state index in [1.807, 2.05) is 6.07 Å². The van der Waals surface area contributed by atoms with Crippen LogP contribution in [-0.4, -0.2) is 71.3 Å². The van der Waals surface area contributed by atoms with Gasteiger partial charge in [-0.25, -0.2) is 8.78 Å². The molecule has 1 aliphatic carbocycles. The van der Waals surface area contributed by atoms with E-state index in [1.54, 1.807) is 19.2 Å². The average Bonchev–Trinajstić information content (AvgIpc) is 2.82. The zero-order valence-corrected chi connectivity index (χ0v) is 21.1. The van der Waals surface area contributed by atoms with E-state index in [0.29, 0.717) is 19.4 Å². The summed E-state index contributed by atoms with van der Waals surface area (Å²) in [6.45, 7) is 3.71. The molecule has 0 aromatic rings. The zero-order valence-electron chi connectivity index (χ0n) is 21.1. The molecule has 3 saturated heterocycles. The molecule has 3 aliphatic heterocycles. The minimum atomic E-state index is -5.27. The molecule has 2 bridgehead atoms. The van der Waals surface area contributed by atoms with Crippen molar-refractivity contribution in [2.45, 2.75) is 95.1 Å². The maximum atomic E-state index is 14.9. The minimum Gasteiger partial charge on any atom is -0.356 e. The number of halogens is 5. The van der Waals surface area contributed by atoms with Gasteiger partial charge in [-0.05, 0) is 44.4 Å². The second kappa shape index (κ2) is 11.4. The van der Waals surface area contributed by atoms with Gasteiger partial charge in [0, 0.05) is 24.9 Å². The zero-order chi connectivity index (χ0) is 28.4. The third-order valence-electron chi connectivity index (χ3n) is 7.42. The summed E-state index contributed by atoms with van der Waals surface area (Å²) in [6, 6.07) is -3.93. The lowest BCUT2D eigenvalue weighted by Gasteiger charge is -2.54. The first kappa shape index (κ1) is 29.6. The molecule has 4 aliphatic rings. The number of fused-ring (bicyclic) bond motifs is 3. The Morgan fingerprint density at radius 1 is 1.18 bits per heavy atom. The van der Waals surface area contributed by atoms with E-state index in [4.69, 9.17) is 0 Å². The molecule has 0 aromatic carbocycles. The van der Waals surface area contributed by atoms with Crippen LogP contribution in [0.3, 0.4) is 0 Å². The van der Waals surface area contributed by atoms with Crippen LogP contribution >= 0.6 is 0 Å². The van der Waals surface area contributed by atoms with Crippen molar-refractivity contribution in [2.75, 3.05) is 6.54 Å². The van der Waals surface area contributed by atoms with Crippen LogP contribution in [0.4, 0.5) is 22.0 Å². The van der Waals surface area contributed by atoms with Gasteiger partial charge in [0.15, 0.2) is 0 Å². The SMILES string of the molecule is CC(C)C[C@H](NC(=O)C(F)(F)F)C(=O)N1[C@@H]2CC[C@H]([C@@H]1C(=O)N[C@H](C#N)C[C@@H]1CCCNC1=O)C(F)(F)C2. The molecule has 0 radical (unpaired) electrons. The minimum absolute atomic E-state index is 0.0587. The lowest BCUT2D eigenvalue weighted by molar-refractivity contribution is -0.196. The van der Waals surface area contributed by atoms with Crippen molar-refractivity contribution in [3.63, 3.8) is 0 Å². The number of nitrogens with zero attached hydrogens (tertiary/aromatic N) is 2. The highest BCUT2D eigenvalue weighted by atomic mass is 19.4. The van der Waals surface area contributed by atoms with Crippen LogP contribution in [0.1, 0.15) is 58.8 Å². The van der Waals surface area contributed by atoms with Crippen molar-refractivity contribution in [1.29, 1.82) is 5.26 Å². The van der Waals surface area contributed by atoms with Crippen molar-refractivity contribution in [2.24, 2.45) is 17.8 Å². The molecule has 4 amide bonds. The van der Waals surface area contributed by atoms with Crippen molar-refractivity contribution < 1.29 is 41.1 Å². The monoisotopic (exact) mass is 549 g/mol. The maximum absolute atomic E-state index is 14.9. The molecule has 38 heavy (non-hydrogen) atoms. The van der Waals surface area contributed by atoms with Gasteiger partial charge in [0.05, 0.1) is 12.0 Å². The Morgan fingerprint density at radius 3 is 2.42 bits per heavy atom. The molecule has 4 fully saturated rings. The van der Waals surface area contributed by atoms with Crippen molar-refractivity contribution in [3.05, 3.63) is 0 Å². The molecule has 3 N–H and O–H groups in total. The van der Waals surface area contributed by atoms with E-state index in [9.17, 15) is 46.4 Å². The van der Waals surface area contributed by atoms with Crippen molar-refractivity contribution in [3.8, 4) is 6.07 Å². The van der Waals surface area contributed by atoms with E-state index in [0.717, 1.165) is 4.90 Å². The Labute approximate surface area is 216 Å². The number of rotatable bonds is 8. The Balaban J connectivity index is 1.87. The number of carbonyl (C=O) groups is 4. The van der Waals surface area contributed by atoms with Gasteiger partial charge in [0.25, 0.3) is 5.92 Å². The van der Waals surface area contributed by atoms with Gasteiger partial charge in [0.2, 0.25) is 17.7 Å². The van der Waals surface area contributed by atoms with Crippen LogP contribution in [0.25, 0.3) is 0 Å². The summed E-state index contributed by atoms with van der Waals surface area (Å²) in [5.41, 5.74) is 0. The van der Waals surface area contributed by atoms with Gasteiger partial charge in [-0.15, -0.1) is 0 Å². The largest absolute Gasteiger partial charge is 0.471 e. The second-order valence-electron chi connectivity index (χ2n) is 10.7. The average molecular weight is 550 g/mol. The lowest BCUT2D eigenvalue weighted by atomic mass is 9.71. The first-order valence-corrected chi connectivity index (χ1v) is 12.7. The Kier molecular flexibility index (Phi) is 8.88. The number of piperidine rings is 3. The fourth-order valence-electron chi connectivity index (χ4n) is 5.68. The van der Waals surface area contributed by atoms with E-state index in [1.165, 1.54) is 0 Å². The topological polar surface area (TPSA) is 131 Å². The number of alkyl halides is 5. The summed E-state index contributed by atoms with van der Waals surface area (Å²) in [4.78, 5) is 51.5. The number of carbonyl (C=O) groups excluding carboxylic acids is 4. The third kappa shape index (κ3) is 6.53. The fourth-order valence-corrected chi connectivity index (χ4v) is 5.68. The van der Waals surface area contributed by atoms with E-state index < -0.39 is 72.2 Å². The summed E-state index contributed by atoms with van der Waals surface area (Å²) < 4.78 is 68.7. The molecule has 6 atom stereocenters. The van der Waals surface area contributed by atoms with Gasteiger partial charge < -0.3 is 20.9 Å². The lowest BCUT2D eigenvalue weighted by Crippen LogP contribution is -2.71. The van der Waals surface area contributed by atoms with Gasteiger partial charge >= 0.3 is 12.1 Å². The number of nitrogens with one attached hydrogen (secondary N) is 3. The molecule has 4 rings (SSSR count). The molecular weight excluding hydrogens is 517 g/mol. The van der Waals surface area contributed by atoms with Crippen molar-refractivity contribution >= 4 is 23.6 Å². The normalized spacial score (nSPS) is 28.2. The summed E-state index contributed by atoms with van der Waals surface area (Å²) in [5.74, 6) is -10.6. The highest BCUT2D eigenvalue weighted by Crippen LogP contribution is 2.49. The summed E-state index contributed by atoms with van der Waals surface area (Å²) in [7, 11) is 0. The molecular formula is C24H32F5N5O4. The molecule has 212 valence electrons. The number of hydrogen-bond acceptors (Lipinski definition) is 5. The standard InChI is InChI=1S/C24H32F5N5O4/c1-12(2)8-17(33-22(38)24(27,28)29)21(37)34-15-5-6-16(23(25,26)10-15)18(34)20(36)32-14(11-30)9-13-4-3-7-31-19(13)35/h12-18H,3-10H2,1-2H3,(H,31,35)(H,32,36)(H,33,38)/t13-,14-,15+,16+,17-,18+/m0/s1. The molecule has 14 heteroatoms. The molecule has 0 aromatic heterocycles. The van der Waals surface area contributed by atoms with Gasteiger partial charge in [-0.3, -0.25) is 19.2 Å². The van der Waals surface area contributed by atoms with Crippen molar-refractivity contribution in [1.82, 2.24) is 20.9 Å². The smallest absolute Gasteiger partial charge is 0.356 e. The Hall–Kier alpha value is -2.98. The fraction of sp³-hybridized carbons (Fsp3) is 0.792. The molecule has 9 nitrogen and oxygen atoms in total. The summed E-state index contributed by atoms with van der Waals surface area (Å²) >= 11 is 0. The highest BCUT2D eigenvalue weighted by Gasteiger charge is 2.61. The quantitative estimate of drug-likeness (QED) is 0.399. The van der Waals surface area contributed by atoms with Gasteiger partial charge in [-0.1, -0.05) is 13.8 Å². The van der Waals surface area contributed by atoms with Gasteiger partial charge in [0.1, 0.15) is 18.1 Å². The van der Waals surface area contributed by atoms with E-state index >= 15 is 0 Å². The number of nitriles is 1. The van der Waals surface area contributed by atoms with E-state index in [-0.39, 0.29) is 37.5 Å². The van der Waals surface area contributed by atoms with Gasteiger partial charge in [-0.2, -0.15) is 18.4 Å². The van der Waals surface area contributed by atoms with Crippen LogP contribution in [0.15, 0.2) is 0 Å². The van der Waals surface area contributed by atoms with Crippen LogP contribution in [0, 0.1) is 29.1 Å². The number of hydrogen-bond donors (Lipinski definition) is 3. The van der Waals surface area contributed by atoms with Crippen LogP contribution in [0.2, 0.25) is 0 Å².